The van der Waals surface area contributed by atoms with Crippen LogP contribution in [0, 0.1) is 20.8 Å². The van der Waals surface area contributed by atoms with Crippen LogP contribution in [0.2, 0.25) is 0 Å². The van der Waals surface area contributed by atoms with Crippen LogP contribution >= 0.6 is 0 Å². The van der Waals surface area contributed by atoms with E-state index in [0.717, 1.165) is 60.5 Å². The SMILES string of the molecule is COc1cc(C)c(NC(=O)N(C)[C@H]2CCC[C@H]2N2CCC(OC)C2)c(C)c1C. The zero-order chi connectivity index (χ0) is 20.4. The van der Waals surface area contributed by atoms with E-state index in [9.17, 15) is 4.79 Å². The van der Waals surface area contributed by atoms with E-state index in [4.69, 9.17) is 9.47 Å². The Balaban J connectivity index is 1.72. The summed E-state index contributed by atoms with van der Waals surface area (Å²) in [6.07, 6.45) is 4.79. The highest BCUT2D eigenvalue weighted by molar-refractivity contribution is 5.91. The highest BCUT2D eigenvalue weighted by atomic mass is 16.5. The molecule has 0 bridgehead atoms. The Morgan fingerprint density at radius 1 is 1.18 bits per heavy atom. The molecule has 0 radical (unpaired) electrons. The van der Waals surface area contributed by atoms with Crippen molar-refractivity contribution >= 4 is 11.7 Å². The fraction of sp³-hybridized carbons (Fsp3) is 0.682. The molecule has 3 rings (SSSR count). The molecule has 1 aliphatic heterocycles. The van der Waals surface area contributed by atoms with Crippen molar-refractivity contribution < 1.29 is 14.3 Å². The van der Waals surface area contributed by atoms with Crippen molar-refractivity contribution in [1.82, 2.24) is 9.80 Å². The number of likely N-dealkylation sites (tertiary alicyclic amines) is 1. The van der Waals surface area contributed by atoms with Gasteiger partial charge in [0.25, 0.3) is 0 Å². The van der Waals surface area contributed by atoms with Gasteiger partial charge in [0.2, 0.25) is 0 Å². The van der Waals surface area contributed by atoms with Gasteiger partial charge in [0.1, 0.15) is 5.75 Å². The van der Waals surface area contributed by atoms with E-state index in [1.165, 1.54) is 6.42 Å². The number of urea groups is 1. The van der Waals surface area contributed by atoms with E-state index < -0.39 is 0 Å². The molecule has 156 valence electrons. The number of nitrogens with one attached hydrogen (secondary N) is 1. The number of benzene rings is 1. The molecule has 0 aromatic heterocycles. The number of anilines is 1. The Morgan fingerprint density at radius 3 is 2.57 bits per heavy atom. The van der Waals surface area contributed by atoms with Gasteiger partial charge in [0.05, 0.1) is 13.2 Å². The molecule has 1 aliphatic carbocycles. The molecule has 1 saturated heterocycles. The van der Waals surface area contributed by atoms with E-state index in [1.54, 1.807) is 14.2 Å². The Hall–Kier alpha value is -1.79. The number of amides is 2. The van der Waals surface area contributed by atoms with Crippen molar-refractivity contribution in [3.8, 4) is 5.75 Å². The number of ether oxygens (including phenoxy) is 2. The number of carbonyl (C=O) groups excluding carboxylic acids is 1. The first-order chi connectivity index (χ1) is 13.4. The maximum atomic E-state index is 13.1. The fourth-order valence-corrected chi connectivity index (χ4v) is 4.84. The second-order valence-corrected chi connectivity index (χ2v) is 8.27. The number of rotatable bonds is 5. The minimum atomic E-state index is -0.0323. The van der Waals surface area contributed by atoms with Gasteiger partial charge in [-0.2, -0.15) is 0 Å². The maximum absolute atomic E-state index is 13.1. The lowest BCUT2D eigenvalue weighted by Gasteiger charge is -2.35. The number of methoxy groups -OCH3 is 2. The summed E-state index contributed by atoms with van der Waals surface area (Å²) >= 11 is 0. The lowest BCUT2D eigenvalue weighted by atomic mass is 10.0. The number of hydrogen-bond acceptors (Lipinski definition) is 4. The first-order valence-electron chi connectivity index (χ1n) is 10.3. The van der Waals surface area contributed by atoms with E-state index in [2.05, 4.69) is 10.2 Å². The molecule has 1 heterocycles. The van der Waals surface area contributed by atoms with Gasteiger partial charge in [0, 0.05) is 45.0 Å². The highest BCUT2D eigenvalue weighted by Crippen LogP contribution is 2.33. The van der Waals surface area contributed by atoms with Crippen LogP contribution in [0.25, 0.3) is 0 Å². The smallest absolute Gasteiger partial charge is 0.321 e. The monoisotopic (exact) mass is 389 g/mol. The number of aryl methyl sites for hydroxylation is 1. The standard InChI is InChI=1S/C22H35N3O3/c1-14-12-20(28-6)15(2)16(3)21(14)23-22(26)24(4)18-8-7-9-19(18)25-11-10-17(13-25)27-5/h12,17-19H,7-11,13H2,1-6H3,(H,23,26)/t17?,18-,19+/m0/s1. The lowest BCUT2D eigenvalue weighted by Crippen LogP contribution is -2.50. The summed E-state index contributed by atoms with van der Waals surface area (Å²) in [5, 5.41) is 3.17. The zero-order valence-corrected chi connectivity index (χ0v) is 18.2. The topological polar surface area (TPSA) is 54.0 Å². The summed E-state index contributed by atoms with van der Waals surface area (Å²) in [6, 6.07) is 2.63. The minimum Gasteiger partial charge on any atom is -0.496 e. The van der Waals surface area contributed by atoms with Crippen LogP contribution in [0.1, 0.15) is 42.4 Å². The quantitative estimate of drug-likeness (QED) is 0.834. The summed E-state index contributed by atoms with van der Waals surface area (Å²) in [4.78, 5) is 17.5. The van der Waals surface area contributed by atoms with Crippen LogP contribution in [-0.4, -0.2) is 68.4 Å². The van der Waals surface area contributed by atoms with Crippen molar-refractivity contribution in [1.29, 1.82) is 0 Å². The van der Waals surface area contributed by atoms with Crippen molar-refractivity contribution in [2.75, 3.05) is 39.7 Å². The Bertz CT molecular complexity index is 721. The molecule has 6 heteroatoms. The van der Waals surface area contributed by atoms with E-state index in [-0.39, 0.29) is 12.1 Å². The predicted octanol–water partition coefficient (Wildman–Crippen LogP) is 3.73. The van der Waals surface area contributed by atoms with Crippen LogP contribution in [0.15, 0.2) is 6.07 Å². The third kappa shape index (κ3) is 3.98. The Kier molecular flexibility index (Phi) is 6.50. The Morgan fingerprint density at radius 2 is 1.93 bits per heavy atom. The van der Waals surface area contributed by atoms with Gasteiger partial charge in [0.15, 0.2) is 0 Å². The molecular formula is C22H35N3O3. The molecule has 3 atom stereocenters. The maximum Gasteiger partial charge on any atom is 0.321 e. The summed E-state index contributed by atoms with van der Waals surface area (Å²) in [7, 11) is 5.41. The van der Waals surface area contributed by atoms with Crippen LogP contribution < -0.4 is 10.1 Å². The number of hydrogen-bond donors (Lipinski definition) is 1. The minimum absolute atomic E-state index is 0.0323. The largest absolute Gasteiger partial charge is 0.496 e. The van der Waals surface area contributed by atoms with Gasteiger partial charge in [-0.1, -0.05) is 0 Å². The lowest BCUT2D eigenvalue weighted by molar-refractivity contribution is 0.0907. The second-order valence-electron chi connectivity index (χ2n) is 8.27. The number of carbonyl (C=O) groups is 1. The first kappa shape index (κ1) is 20.9. The highest BCUT2D eigenvalue weighted by Gasteiger charge is 2.39. The van der Waals surface area contributed by atoms with E-state index in [0.29, 0.717) is 12.1 Å². The molecule has 0 spiro atoms. The second kappa shape index (κ2) is 8.70. The zero-order valence-electron chi connectivity index (χ0n) is 18.2. The first-order valence-corrected chi connectivity index (χ1v) is 10.3. The summed E-state index contributed by atoms with van der Waals surface area (Å²) < 4.78 is 11.0. The molecule has 1 aromatic carbocycles. The van der Waals surface area contributed by atoms with Gasteiger partial charge in [-0.15, -0.1) is 0 Å². The summed E-state index contributed by atoms with van der Waals surface area (Å²) in [5.41, 5.74) is 4.04. The normalized spacial score (nSPS) is 25.1. The predicted molar refractivity (Wildman–Crippen MR) is 112 cm³/mol. The van der Waals surface area contributed by atoms with Gasteiger partial charge in [-0.25, -0.2) is 4.79 Å². The molecule has 2 aliphatic rings. The van der Waals surface area contributed by atoms with Crippen molar-refractivity contribution in [3.05, 3.63) is 22.8 Å². The number of likely N-dealkylation sites (N-methyl/N-ethyl adjacent to an activating group) is 1. The van der Waals surface area contributed by atoms with Gasteiger partial charge in [-0.05, 0) is 69.2 Å². The average Bonchev–Trinajstić information content (AvgIpc) is 3.35. The fourth-order valence-electron chi connectivity index (χ4n) is 4.84. The number of nitrogens with zero attached hydrogens (tertiary/aromatic N) is 2. The molecule has 1 N–H and O–H groups in total. The van der Waals surface area contributed by atoms with E-state index >= 15 is 0 Å². The van der Waals surface area contributed by atoms with Crippen molar-refractivity contribution in [2.45, 2.75) is 64.6 Å². The molecule has 2 amide bonds. The molecule has 1 unspecified atom stereocenters. The third-order valence-electron chi connectivity index (χ3n) is 6.74. The van der Waals surface area contributed by atoms with Crippen LogP contribution in [-0.2, 0) is 4.74 Å². The molecule has 1 aromatic rings. The third-order valence-corrected chi connectivity index (χ3v) is 6.74. The Labute approximate surface area is 169 Å². The van der Waals surface area contributed by atoms with Crippen LogP contribution in [0.3, 0.4) is 0 Å². The molecule has 6 nitrogen and oxygen atoms in total. The average molecular weight is 390 g/mol. The molecule has 2 fully saturated rings. The summed E-state index contributed by atoms with van der Waals surface area (Å²) in [6.45, 7) is 8.11. The molecule has 28 heavy (non-hydrogen) atoms. The summed E-state index contributed by atoms with van der Waals surface area (Å²) in [5.74, 6) is 0.860. The van der Waals surface area contributed by atoms with Gasteiger partial charge >= 0.3 is 6.03 Å². The molecule has 1 saturated carbocycles. The van der Waals surface area contributed by atoms with Crippen LogP contribution in [0.4, 0.5) is 10.5 Å². The van der Waals surface area contributed by atoms with E-state index in [1.807, 2.05) is 38.8 Å². The molecular weight excluding hydrogens is 354 g/mol. The van der Waals surface area contributed by atoms with Gasteiger partial charge < -0.3 is 19.7 Å². The van der Waals surface area contributed by atoms with Crippen molar-refractivity contribution in [2.24, 2.45) is 0 Å². The van der Waals surface area contributed by atoms with Crippen molar-refractivity contribution in [3.63, 3.8) is 0 Å². The van der Waals surface area contributed by atoms with Crippen LogP contribution in [0.5, 0.6) is 5.75 Å². The van der Waals surface area contributed by atoms with Gasteiger partial charge in [-0.3, -0.25) is 4.90 Å².